The molecule has 2 aliphatic rings. The van der Waals surface area contributed by atoms with E-state index in [1.807, 2.05) is 186 Å². The van der Waals surface area contributed by atoms with Gasteiger partial charge in [-0.25, -0.2) is 14.3 Å². The van der Waals surface area contributed by atoms with Crippen LogP contribution in [-0.2, 0) is 37.4 Å². The fourth-order valence-corrected chi connectivity index (χ4v) is 12.6. The first-order valence-corrected chi connectivity index (χ1v) is 26.2. The molecule has 2 amide bonds. The van der Waals surface area contributed by atoms with Crippen LogP contribution in [0.1, 0.15) is 44.8 Å². The number of imidazole rings is 1. The Morgan fingerprint density at radius 2 is 1.23 bits per heavy atom. The van der Waals surface area contributed by atoms with Gasteiger partial charge in [0, 0.05) is 33.2 Å². The minimum atomic E-state index is -1.36. The van der Waals surface area contributed by atoms with Crippen LogP contribution in [-0.4, -0.2) is 60.1 Å². The number of thiazole rings is 2. The predicted octanol–water partition coefficient (Wildman–Crippen LogP) is 6.85. The Morgan fingerprint density at radius 1 is 0.730 bits per heavy atom. The Bertz CT molecular complexity index is 3360. The quantitative estimate of drug-likeness (QED) is 0.0239. The lowest BCUT2D eigenvalue weighted by Gasteiger charge is -2.49. The molecule has 11 rings (SSSR count). The van der Waals surface area contributed by atoms with Crippen LogP contribution in [0.2, 0.25) is 0 Å². The number of carboxylic acids is 1. The van der Waals surface area contributed by atoms with Gasteiger partial charge >= 0.3 is 5.97 Å². The van der Waals surface area contributed by atoms with Crippen molar-refractivity contribution in [1.29, 1.82) is 0 Å². The maximum atomic E-state index is 15.2. The third-order valence-corrected chi connectivity index (χ3v) is 16.0. The molecule has 12 nitrogen and oxygen atoms in total. The van der Waals surface area contributed by atoms with Crippen LogP contribution in [0.15, 0.2) is 228 Å². The lowest BCUT2D eigenvalue weighted by atomic mass is 9.77. The molecule has 3 N–H and O–H groups in total. The Balaban J connectivity index is 0.00000626. The van der Waals surface area contributed by atoms with Crippen molar-refractivity contribution in [3.63, 3.8) is 0 Å². The molecule has 2 atom stereocenters. The molecule has 0 unspecified atom stereocenters. The summed E-state index contributed by atoms with van der Waals surface area (Å²) in [6.07, 6.45) is 7.56. The number of β-lactam (4-membered cyclic amide) rings is 1. The molecule has 1 saturated heterocycles. The van der Waals surface area contributed by atoms with Crippen molar-refractivity contribution in [2.24, 2.45) is 12.2 Å². The SMILES string of the molecule is C[n+]1cc2scc(C=CC3=C(C(=O)O)N4C(=O)[C@@H](NC(=O)/C(=N\OC(c5ccccc5)(c5ccccc5)c5ccccc5)c5csc(NC(c6ccccc6)(c6ccccc6)c6ccccc6)n5)[C@H]4SC3)n2c1.[I-]. The molecule has 5 heterocycles. The number of fused-ring (bicyclic) bond motifs is 2. The van der Waals surface area contributed by atoms with Gasteiger partial charge in [-0.15, -0.1) is 23.1 Å². The summed E-state index contributed by atoms with van der Waals surface area (Å²) in [6, 6.07) is 58.3. The molecule has 16 heteroatoms. The highest BCUT2D eigenvalue weighted by Crippen LogP contribution is 2.44. The number of hydrogen-bond donors (Lipinski definition) is 3. The number of hydrogen-bond acceptors (Lipinski definition) is 10. The third-order valence-electron chi connectivity index (χ3n) is 13.1. The number of carbonyl (C=O) groups is 3. The van der Waals surface area contributed by atoms with Crippen LogP contribution in [0.3, 0.4) is 0 Å². The molecule has 9 aromatic rings. The van der Waals surface area contributed by atoms with Gasteiger partial charge < -0.3 is 44.6 Å². The summed E-state index contributed by atoms with van der Waals surface area (Å²) in [4.78, 5) is 56.8. The Morgan fingerprint density at radius 3 is 1.73 bits per heavy atom. The first-order chi connectivity index (χ1) is 35.7. The van der Waals surface area contributed by atoms with Crippen LogP contribution >= 0.6 is 34.4 Å². The number of anilines is 1. The number of nitrogens with one attached hydrogen (secondary N) is 2. The normalized spacial score (nSPS) is 15.8. The summed E-state index contributed by atoms with van der Waals surface area (Å²) in [5, 5.41) is 25.7. The molecule has 368 valence electrons. The van der Waals surface area contributed by atoms with E-state index in [4.69, 9.17) is 15.0 Å². The van der Waals surface area contributed by atoms with Crippen molar-refractivity contribution in [3.05, 3.63) is 267 Å². The number of thioether (sulfide) groups is 1. The van der Waals surface area contributed by atoms with Crippen molar-refractivity contribution < 1.29 is 52.9 Å². The second kappa shape index (κ2) is 21.4. The highest BCUT2D eigenvalue weighted by atomic mass is 127. The van der Waals surface area contributed by atoms with Gasteiger partial charge in [0.2, 0.25) is 16.8 Å². The molecule has 0 aliphatic carbocycles. The van der Waals surface area contributed by atoms with E-state index in [-0.39, 0.29) is 46.8 Å². The average Bonchev–Trinajstić information content (AvgIpc) is 4.17. The number of carboxylic acid groups (broad SMARTS) is 1. The number of aromatic nitrogens is 3. The van der Waals surface area contributed by atoms with E-state index >= 15 is 4.79 Å². The van der Waals surface area contributed by atoms with E-state index in [1.165, 1.54) is 28.0 Å². The molecule has 0 radical (unpaired) electrons. The summed E-state index contributed by atoms with van der Waals surface area (Å²) >= 11 is 4.25. The number of carbonyl (C=O) groups excluding carboxylic acids is 2. The van der Waals surface area contributed by atoms with E-state index in [1.54, 1.807) is 22.8 Å². The highest BCUT2D eigenvalue weighted by Gasteiger charge is 2.54. The van der Waals surface area contributed by atoms with Crippen molar-refractivity contribution >= 4 is 74.0 Å². The molecular weight excluding hydrogens is 1100 g/mol. The summed E-state index contributed by atoms with van der Waals surface area (Å²) in [6.45, 7) is 0. The predicted molar refractivity (Wildman–Crippen MR) is 287 cm³/mol. The summed E-state index contributed by atoms with van der Waals surface area (Å²) in [7, 11) is 1.94. The minimum absolute atomic E-state index is 0. The molecule has 0 spiro atoms. The van der Waals surface area contributed by atoms with Crippen LogP contribution in [0.5, 0.6) is 0 Å². The molecular formula is C58H46IN7O5S3. The molecule has 74 heavy (non-hydrogen) atoms. The van der Waals surface area contributed by atoms with Gasteiger partial charge in [0.05, 0.1) is 7.05 Å². The number of amides is 2. The lowest BCUT2D eigenvalue weighted by Crippen LogP contribution is -3.00. The second-order valence-electron chi connectivity index (χ2n) is 17.5. The highest BCUT2D eigenvalue weighted by molar-refractivity contribution is 8.00. The van der Waals surface area contributed by atoms with Gasteiger partial charge in [0.15, 0.2) is 10.8 Å². The summed E-state index contributed by atoms with van der Waals surface area (Å²) in [5.41, 5.74) is 4.08. The largest absolute Gasteiger partial charge is 1.00 e. The fourth-order valence-electron chi connectivity index (χ4n) is 9.63. The van der Waals surface area contributed by atoms with Crippen LogP contribution in [0, 0.1) is 0 Å². The number of halogens is 1. The molecule has 1 fully saturated rings. The lowest BCUT2D eigenvalue weighted by molar-refractivity contribution is -0.669. The number of aryl methyl sites for hydroxylation is 1. The van der Waals surface area contributed by atoms with E-state index in [0.717, 1.165) is 43.9 Å². The van der Waals surface area contributed by atoms with Crippen molar-refractivity contribution in [2.45, 2.75) is 22.6 Å². The van der Waals surface area contributed by atoms with Crippen molar-refractivity contribution in [1.82, 2.24) is 19.6 Å². The maximum Gasteiger partial charge on any atom is 0.352 e. The van der Waals surface area contributed by atoms with Crippen molar-refractivity contribution in [2.75, 3.05) is 11.1 Å². The topological polar surface area (TPSA) is 142 Å². The Labute approximate surface area is 456 Å². The number of nitrogens with zero attached hydrogens (tertiary/aromatic N) is 5. The first kappa shape index (κ1) is 49.9. The zero-order valence-corrected chi connectivity index (χ0v) is 44.2. The molecule has 0 bridgehead atoms. The Kier molecular flexibility index (Phi) is 14.5. The minimum Gasteiger partial charge on any atom is -1.00 e. The van der Waals surface area contributed by atoms with Gasteiger partial charge in [0.25, 0.3) is 11.8 Å². The van der Waals surface area contributed by atoms with Crippen LogP contribution in [0.4, 0.5) is 5.13 Å². The van der Waals surface area contributed by atoms with Crippen LogP contribution < -0.4 is 39.2 Å². The number of oxime groups is 1. The zero-order chi connectivity index (χ0) is 49.9. The monoisotopic (exact) mass is 1140 g/mol. The maximum absolute atomic E-state index is 15.2. The number of allylic oxidation sites excluding steroid dienone is 1. The standard InChI is InChI=1S/C58H45N7O5S3.HI/c1-63-34-48-64(38-63)46(36-71-48)33-32-39-35-72-54-50(53(67)65(54)51(39)55(68)69)60-52(66)49(62-70-58(43-26-14-5-15-27-43,44-28-16-6-17-29-44)45-30-18-7-19-31-45)47-37-73-56(59-47)61-57(40-20-8-2-9-21-40,41-22-10-3-11-23-41)42-24-12-4-13-25-42;/h2-34,36-38,50,54H,35H2,1H3,(H2-,59,60,61,66,68,69);1H/b33-32?,62-49-;/t50-,54-;/m1./s1. The summed E-state index contributed by atoms with van der Waals surface area (Å²) < 4.78 is 3.97. The van der Waals surface area contributed by atoms with Gasteiger partial charge in [-0.3, -0.25) is 14.5 Å². The average molecular weight is 1140 g/mol. The second-order valence-corrected chi connectivity index (χ2v) is 20.3. The summed E-state index contributed by atoms with van der Waals surface area (Å²) in [5.74, 6) is -2.24. The van der Waals surface area contributed by atoms with E-state index in [2.05, 4.69) is 47.0 Å². The number of aliphatic carboxylic acids is 1. The van der Waals surface area contributed by atoms with Gasteiger partial charge in [-0.05, 0) is 28.3 Å². The molecule has 3 aromatic heterocycles. The van der Waals surface area contributed by atoms with E-state index in [9.17, 15) is 14.7 Å². The molecule has 6 aromatic carbocycles. The smallest absolute Gasteiger partial charge is 0.352 e. The Hall–Kier alpha value is -7.64. The van der Waals surface area contributed by atoms with Gasteiger partial charge in [-0.1, -0.05) is 205 Å². The van der Waals surface area contributed by atoms with E-state index in [0.29, 0.717) is 10.7 Å². The van der Waals surface area contributed by atoms with Crippen LogP contribution in [0.25, 0.3) is 10.9 Å². The first-order valence-electron chi connectivity index (χ1n) is 23.4. The third kappa shape index (κ3) is 9.22. The number of rotatable bonds is 16. The van der Waals surface area contributed by atoms with Gasteiger partial charge in [0.1, 0.15) is 40.2 Å². The number of benzene rings is 6. The van der Waals surface area contributed by atoms with Gasteiger partial charge in [-0.2, -0.15) is 4.40 Å². The molecule has 0 saturated carbocycles. The molecule has 2 aliphatic heterocycles. The van der Waals surface area contributed by atoms with Crippen molar-refractivity contribution in [3.8, 4) is 0 Å². The van der Waals surface area contributed by atoms with E-state index < -0.39 is 40.3 Å². The zero-order valence-electron chi connectivity index (χ0n) is 39.6. The fraction of sp³-hybridized carbons (Fsp3) is 0.103.